The van der Waals surface area contributed by atoms with Crippen molar-refractivity contribution in [1.82, 2.24) is 9.80 Å². The van der Waals surface area contributed by atoms with Crippen molar-refractivity contribution < 1.29 is 14.5 Å². The number of anilines is 1. The summed E-state index contributed by atoms with van der Waals surface area (Å²) in [6, 6.07) is 4.58. The fraction of sp³-hybridized carbons (Fsp3) is 0.529. The Morgan fingerprint density at radius 2 is 1.92 bits per heavy atom. The van der Waals surface area contributed by atoms with E-state index < -0.39 is 4.92 Å². The van der Waals surface area contributed by atoms with Crippen molar-refractivity contribution in [2.24, 2.45) is 0 Å². The molecule has 0 bridgehead atoms. The van der Waals surface area contributed by atoms with Gasteiger partial charge in [-0.1, -0.05) is 13.0 Å². The van der Waals surface area contributed by atoms with Crippen LogP contribution < -0.4 is 5.32 Å². The fourth-order valence-corrected chi connectivity index (χ4v) is 2.35. The summed E-state index contributed by atoms with van der Waals surface area (Å²) in [5, 5.41) is 13.7. The number of amides is 2. The number of benzene rings is 1. The molecule has 0 saturated carbocycles. The van der Waals surface area contributed by atoms with Crippen LogP contribution in [0.5, 0.6) is 0 Å². The number of nitrogens with zero attached hydrogens (tertiary/aromatic N) is 3. The average molecular weight is 350 g/mol. The smallest absolute Gasteiger partial charge is 0.274 e. The van der Waals surface area contributed by atoms with E-state index in [0.717, 1.165) is 13.0 Å². The number of nitro groups is 1. The van der Waals surface area contributed by atoms with Gasteiger partial charge in [-0.2, -0.15) is 0 Å². The SMILES string of the molecule is CCCN(CCC(=O)Nc1cccc([N+](=O)[O-])c1C)CC(=O)N(C)C. The monoisotopic (exact) mass is 350 g/mol. The van der Waals surface area contributed by atoms with E-state index in [1.54, 1.807) is 33.2 Å². The van der Waals surface area contributed by atoms with Crippen molar-refractivity contribution in [3.8, 4) is 0 Å². The molecule has 1 rings (SSSR count). The van der Waals surface area contributed by atoms with Gasteiger partial charge in [0.1, 0.15) is 0 Å². The van der Waals surface area contributed by atoms with Gasteiger partial charge in [0.2, 0.25) is 11.8 Å². The van der Waals surface area contributed by atoms with Gasteiger partial charge in [-0.25, -0.2) is 0 Å². The van der Waals surface area contributed by atoms with Gasteiger partial charge < -0.3 is 10.2 Å². The molecule has 0 unspecified atom stereocenters. The number of likely N-dealkylation sites (N-methyl/N-ethyl adjacent to an activating group) is 1. The maximum Gasteiger partial charge on any atom is 0.274 e. The van der Waals surface area contributed by atoms with Gasteiger partial charge in [0.15, 0.2) is 0 Å². The van der Waals surface area contributed by atoms with Crippen LogP contribution in [0.3, 0.4) is 0 Å². The first-order valence-electron chi connectivity index (χ1n) is 8.22. The zero-order valence-electron chi connectivity index (χ0n) is 15.2. The minimum atomic E-state index is -0.471. The van der Waals surface area contributed by atoms with Crippen molar-refractivity contribution in [3.63, 3.8) is 0 Å². The number of hydrogen-bond acceptors (Lipinski definition) is 5. The lowest BCUT2D eigenvalue weighted by Gasteiger charge is -2.22. The highest BCUT2D eigenvalue weighted by Crippen LogP contribution is 2.25. The molecule has 0 aliphatic carbocycles. The van der Waals surface area contributed by atoms with E-state index >= 15 is 0 Å². The Morgan fingerprint density at radius 1 is 1.24 bits per heavy atom. The van der Waals surface area contributed by atoms with Gasteiger partial charge in [0.25, 0.3) is 5.69 Å². The van der Waals surface area contributed by atoms with Crippen LogP contribution in [-0.2, 0) is 9.59 Å². The third-order valence-electron chi connectivity index (χ3n) is 3.83. The summed E-state index contributed by atoms with van der Waals surface area (Å²) in [5.41, 5.74) is 0.835. The fourth-order valence-electron chi connectivity index (χ4n) is 2.35. The Labute approximate surface area is 147 Å². The molecule has 0 atom stereocenters. The van der Waals surface area contributed by atoms with Gasteiger partial charge in [-0.05, 0) is 26.0 Å². The van der Waals surface area contributed by atoms with Crippen LogP contribution in [0.4, 0.5) is 11.4 Å². The zero-order valence-corrected chi connectivity index (χ0v) is 15.2. The molecular formula is C17H26N4O4. The van der Waals surface area contributed by atoms with Gasteiger partial charge >= 0.3 is 0 Å². The molecule has 0 spiro atoms. The second-order valence-corrected chi connectivity index (χ2v) is 6.07. The largest absolute Gasteiger partial charge is 0.348 e. The summed E-state index contributed by atoms with van der Waals surface area (Å²) in [6.45, 7) is 5.06. The van der Waals surface area contributed by atoms with Gasteiger partial charge in [-0.3, -0.25) is 24.6 Å². The highest BCUT2D eigenvalue weighted by atomic mass is 16.6. The Kier molecular flexibility index (Phi) is 8.00. The Hall–Kier alpha value is -2.48. The highest BCUT2D eigenvalue weighted by Gasteiger charge is 2.16. The highest BCUT2D eigenvalue weighted by molar-refractivity contribution is 5.92. The Bertz CT molecular complexity index is 631. The van der Waals surface area contributed by atoms with E-state index in [0.29, 0.717) is 17.8 Å². The van der Waals surface area contributed by atoms with E-state index in [1.807, 2.05) is 11.8 Å². The minimum Gasteiger partial charge on any atom is -0.348 e. The van der Waals surface area contributed by atoms with Gasteiger partial charge in [0.05, 0.1) is 22.7 Å². The predicted octanol–water partition coefficient (Wildman–Crippen LogP) is 2.03. The van der Waals surface area contributed by atoms with Crippen molar-refractivity contribution in [2.75, 3.05) is 39.0 Å². The van der Waals surface area contributed by atoms with Crippen LogP contribution in [0, 0.1) is 17.0 Å². The first-order valence-corrected chi connectivity index (χ1v) is 8.22. The lowest BCUT2D eigenvalue weighted by molar-refractivity contribution is -0.385. The first-order chi connectivity index (χ1) is 11.8. The first kappa shape index (κ1) is 20.6. The number of nitro benzene ring substituents is 1. The predicted molar refractivity (Wildman–Crippen MR) is 96.5 cm³/mol. The Morgan fingerprint density at radius 3 is 2.48 bits per heavy atom. The summed E-state index contributed by atoms with van der Waals surface area (Å²) in [4.78, 5) is 37.9. The molecule has 0 fully saturated rings. The zero-order chi connectivity index (χ0) is 19.0. The molecule has 0 aliphatic rings. The van der Waals surface area contributed by atoms with Crippen molar-refractivity contribution >= 4 is 23.2 Å². The van der Waals surface area contributed by atoms with Crippen molar-refractivity contribution in [3.05, 3.63) is 33.9 Å². The number of nitrogens with one attached hydrogen (secondary N) is 1. The number of carbonyl (C=O) groups is 2. The van der Waals surface area contributed by atoms with Crippen molar-refractivity contribution in [2.45, 2.75) is 26.7 Å². The molecule has 0 aliphatic heterocycles. The molecule has 1 aromatic rings. The molecule has 25 heavy (non-hydrogen) atoms. The van der Waals surface area contributed by atoms with Gasteiger partial charge in [0, 0.05) is 33.1 Å². The summed E-state index contributed by atoms with van der Waals surface area (Å²) in [6.07, 6.45) is 1.09. The summed E-state index contributed by atoms with van der Waals surface area (Å²) >= 11 is 0. The van der Waals surface area contributed by atoms with Crippen LogP contribution >= 0.6 is 0 Å². The van der Waals surface area contributed by atoms with Crippen LogP contribution in [0.25, 0.3) is 0 Å². The molecule has 1 N–H and O–H groups in total. The second-order valence-electron chi connectivity index (χ2n) is 6.07. The van der Waals surface area contributed by atoms with Crippen LogP contribution in [0.1, 0.15) is 25.3 Å². The maximum absolute atomic E-state index is 12.2. The molecule has 138 valence electrons. The molecular weight excluding hydrogens is 324 g/mol. The molecule has 0 radical (unpaired) electrons. The van der Waals surface area contributed by atoms with E-state index in [-0.39, 0.29) is 30.5 Å². The standard InChI is InChI=1S/C17H26N4O4/c1-5-10-20(12-17(23)19(3)4)11-9-16(22)18-14-7-6-8-15(13(14)2)21(24)25/h6-8H,5,9-12H2,1-4H3,(H,18,22). The van der Waals surface area contributed by atoms with E-state index in [4.69, 9.17) is 0 Å². The normalized spacial score (nSPS) is 10.6. The lowest BCUT2D eigenvalue weighted by Crippen LogP contribution is -2.38. The number of rotatable bonds is 9. The summed E-state index contributed by atoms with van der Waals surface area (Å²) in [5.74, 6) is -0.245. The van der Waals surface area contributed by atoms with E-state index in [2.05, 4.69) is 5.32 Å². The molecule has 0 saturated heterocycles. The topological polar surface area (TPSA) is 95.8 Å². The average Bonchev–Trinajstić information content (AvgIpc) is 2.54. The third kappa shape index (κ3) is 6.50. The molecule has 2 amide bonds. The van der Waals surface area contributed by atoms with Crippen molar-refractivity contribution in [1.29, 1.82) is 0 Å². The Balaban J connectivity index is 2.65. The lowest BCUT2D eigenvalue weighted by atomic mass is 10.1. The molecule has 0 aromatic heterocycles. The number of hydrogen-bond donors (Lipinski definition) is 1. The molecule has 0 heterocycles. The van der Waals surface area contributed by atoms with Gasteiger partial charge in [-0.15, -0.1) is 0 Å². The van der Waals surface area contributed by atoms with Crippen LogP contribution in [0.2, 0.25) is 0 Å². The number of carbonyl (C=O) groups excluding carboxylic acids is 2. The summed E-state index contributed by atoms with van der Waals surface area (Å²) in [7, 11) is 3.40. The van der Waals surface area contributed by atoms with E-state index in [1.165, 1.54) is 11.0 Å². The van der Waals surface area contributed by atoms with Crippen LogP contribution in [-0.4, -0.2) is 60.3 Å². The van der Waals surface area contributed by atoms with Crippen LogP contribution in [0.15, 0.2) is 18.2 Å². The minimum absolute atomic E-state index is 0.0108. The third-order valence-corrected chi connectivity index (χ3v) is 3.83. The molecule has 1 aromatic carbocycles. The second kappa shape index (κ2) is 9.73. The molecule has 8 nitrogen and oxygen atoms in total. The quantitative estimate of drug-likeness (QED) is 0.543. The maximum atomic E-state index is 12.2. The molecule has 8 heteroatoms. The summed E-state index contributed by atoms with van der Waals surface area (Å²) < 4.78 is 0. The van der Waals surface area contributed by atoms with E-state index in [9.17, 15) is 19.7 Å².